The van der Waals surface area contributed by atoms with Gasteiger partial charge in [-0.1, -0.05) is 30.3 Å². The Morgan fingerprint density at radius 3 is 2.29 bits per heavy atom. The first-order valence-corrected chi connectivity index (χ1v) is 15.0. The lowest BCUT2D eigenvalue weighted by Crippen LogP contribution is -2.53. The van der Waals surface area contributed by atoms with Crippen molar-refractivity contribution in [2.24, 2.45) is 0 Å². The largest absolute Gasteiger partial charge is 0.375 e. The monoisotopic (exact) mass is 577 g/mol. The molecule has 3 saturated heterocycles. The van der Waals surface area contributed by atoms with Gasteiger partial charge in [0, 0.05) is 62.5 Å². The number of piperidine rings is 2. The Morgan fingerprint density at radius 1 is 0.905 bits per heavy atom. The fraction of sp³-hybridized carbons (Fsp3) is 0.500. The van der Waals surface area contributed by atoms with E-state index >= 15 is 0 Å². The molecule has 2 aromatic rings. The van der Waals surface area contributed by atoms with Crippen molar-refractivity contribution in [3.63, 3.8) is 0 Å². The number of piperazine rings is 1. The van der Waals surface area contributed by atoms with Crippen LogP contribution in [0.1, 0.15) is 57.5 Å². The summed E-state index contributed by atoms with van der Waals surface area (Å²) in [5.74, 6) is -0.978. The molecule has 3 aliphatic rings. The zero-order valence-electron chi connectivity index (χ0n) is 24.0. The lowest BCUT2D eigenvalue weighted by molar-refractivity contribution is -0.135. The van der Waals surface area contributed by atoms with Gasteiger partial charge in [0.1, 0.15) is 5.82 Å². The van der Waals surface area contributed by atoms with E-state index in [-0.39, 0.29) is 29.7 Å². The maximum absolute atomic E-state index is 14.7. The van der Waals surface area contributed by atoms with E-state index in [2.05, 4.69) is 10.2 Å². The van der Waals surface area contributed by atoms with Crippen molar-refractivity contribution in [2.45, 2.75) is 44.3 Å². The van der Waals surface area contributed by atoms with Gasteiger partial charge in [0.25, 0.3) is 5.91 Å². The molecule has 3 aliphatic heterocycles. The van der Waals surface area contributed by atoms with E-state index in [1.165, 1.54) is 12.1 Å². The third-order valence-electron chi connectivity index (χ3n) is 8.54. The molecule has 3 fully saturated rings. The van der Waals surface area contributed by atoms with Crippen LogP contribution in [0.4, 0.5) is 4.39 Å². The number of carbonyl (C=O) groups is 3. The molecule has 0 unspecified atom stereocenters. The number of carbonyl (C=O) groups excluding carboxylic acids is 3. The number of amides is 2. The third-order valence-corrected chi connectivity index (χ3v) is 8.54. The highest BCUT2D eigenvalue weighted by Gasteiger charge is 2.29. The Bertz CT molecular complexity index is 1280. The highest BCUT2D eigenvalue weighted by atomic mass is 19.1. The molecular formula is C32H40FN5O4. The number of ether oxygens (including phenoxy) is 1. The van der Waals surface area contributed by atoms with Crippen LogP contribution in [0.15, 0.2) is 42.5 Å². The Labute approximate surface area is 246 Å². The number of hydrogen-bond donors (Lipinski definition) is 2. The first-order chi connectivity index (χ1) is 20.4. The van der Waals surface area contributed by atoms with Crippen molar-refractivity contribution in [1.82, 2.24) is 20.0 Å². The third kappa shape index (κ3) is 7.48. The van der Waals surface area contributed by atoms with Gasteiger partial charge in [0.15, 0.2) is 6.29 Å². The molecule has 224 valence electrons. The summed E-state index contributed by atoms with van der Waals surface area (Å²) in [4.78, 5) is 43.2. The van der Waals surface area contributed by atoms with Gasteiger partial charge in [-0.25, -0.2) is 4.39 Å². The second-order valence-electron chi connectivity index (χ2n) is 11.4. The van der Waals surface area contributed by atoms with Crippen LogP contribution in [-0.2, 0) is 16.0 Å². The molecule has 9 nitrogen and oxygen atoms in total. The van der Waals surface area contributed by atoms with E-state index in [0.717, 1.165) is 51.9 Å². The Hall–Kier alpha value is -3.47. The molecule has 2 aromatic carbocycles. The number of hydrogen-bond acceptors (Lipinski definition) is 7. The molecule has 0 radical (unpaired) electrons. The summed E-state index contributed by atoms with van der Waals surface area (Å²) in [5, 5.41) is 11.8. The number of benzene rings is 2. The van der Waals surface area contributed by atoms with Crippen molar-refractivity contribution in [2.75, 3.05) is 58.9 Å². The lowest BCUT2D eigenvalue weighted by atomic mass is 9.97. The molecule has 2 amide bonds. The molecule has 42 heavy (non-hydrogen) atoms. The smallest absolute Gasteiger partial charge is 0.256 e. The van der Waals surface area contributed by atoms with Crippen molar-refractivity contribution in [3.8, 4) is 0 Å². The van der Waals surface area contributed by atoms with Gasteiger partial charge in [-0.2, -0.15) is 0 Å². The first-order valence-electron chi connectivity index (χ1n) is 15.0. The minimum absolute atomic E-state index is 0.0432. The van der Waals surface area contributed by atoms with Gasteiger partial charge >= 0.3 is 0 Å². The molecule has 0 saturated carbocycles. The van der Waals surface area contributed by atoms with E-state index in [0.29, 0.717) is 61.8 Å². The maximum Gasteiger partial charge on any atom is 0.256 e. The van der Waals surface area contributed by atoms with Crippen molar-refractivity contribution in [1.29, 1.82) is 5.41 Å². The van der Waals surface area contributed by atoms with E-state index in [1.807, 2.05) is 0 Å². The van der Waals surface area contributed by atoms with Crippen molar-refractivity contribution >= 4 is 23.8 Å². The fourth-order valence-electron chi connectivity index (χ4n) is 6.05. The van der Waals surface area contributed by atoms with Gasteiger partial charge < -0.3 is 25.3 Å². The van der Waals surface area contributed by atoms with Crippen molar-refractivity contribution in [3.05, 3.63) is 70.5 Å². The minimum atomic E-state index is -0.616. The summed E-state index contributed by atoms with van der Waals surface area (Å²) in [6.45, 7) is 5.57. The molecule has 0 aromatic heterocycles. The molecule has 0 bridgehead atoms. The topological polar surface area (TPSA) is 106 Å². The molecule has 5 rings (SSSR count). The highest BCUT2D eigenvalue weighted by molar-refractivity contribution is 6.05. The van der Waals surface area contributed by atoms with Crippen LogP contribution < -0.4 is 5.32 Å². The summed E-state index contributed by atoms with van der Waals surface area (Å²) >= 11 is 0. The summed E-state index contributed by atoms with van der Waals surface area (Å²) in [5.41, 5.74) is 1.72. The Morgan fingerprint density at radius 2 is 1.57 bits per heavy atom. The van der Waals surface area contributed by atoms with Gasteiger partial charge in [-0.05, 0) is 56.5 Å². The van der Waals surface area contributed by atoms with Crippen LogP contribution >= 0.6 is 0 Å². The molecule has 10 heteroatoms. The van der Waals surface area contributed by atoms with Crippen LogP contribution in [-0.4, -0.2) is 110 Å². The SMILES string of the molecule is N=C(Cc1ccc(F)c(C(=O)N2CCN(C(=O)CN3CCC(OC4CCNCC4)CC3)CC2)c1)c1ccccc1C=O. The van der Waals surface area contributed by atoms with Crippen LogP contribution in [0.5, 0.6) is 0 Å². The van der Waals surface area contributed by atoms with Gasteiger partial charge in [0.05, 0.1) is 24.3 Å². The number of halogens is 1. The van der Waals surface area contributed by atoms with Crippen molar-refractivity contribution < 1.29 is 23.5 Å². The zero-order valence-corrected chi connectivity index (χ0v) is 24.0. The van der Waals surface area contributed by atoms with Crippen LogP contribution in [0.2, 0.25) is 0 Å². The Kier molecular flexibility index (Phi) is 10.1. The predicted octanol–water partition coefficient (Wildman–Crippen LogP) is 2.77. The second kappa shape index (κ2) is 14.1. The minimum Gasteiger partial charge on any atom is -0.375 e. The molecule has 0 spiro atoms. The first kappa shape index (κ1) is 30.0. The lowest BCUT2D eigenvalue weighted by Gasteiger charge is -2.38. The molecule has 0 aliphatic carbocycles. The zero-order chi connectivity index (χ0) is 29.5. The van der Waals surface area contributed by atoms with Crippen LogP contribution in [0.3, 0.4) is 0 Å². The number of nitrogens with zero attached hydrogens (tertiary/aromatic N) is 3. The summed E-state index contributed by atoms with van der Waals surface area (Å²) < 4.78 is 21.0. The maximum atomic E-state index is 14.7. The predicted molar refractivity (Wildman–Crippen MR) is 158 cm³/mol. The molecule has 2 N–H and O–H groups in total. The van der Waals surface area contributed by atoms with Crippen LogP contribution in [0.25, 0.3) is 0 Å². The van der Waals surface area contributed by atoms with E-state index < -0.39 is 11.7 Å². The molecule has 0 atom stereocenters. The molecule has 3 heterocycles. The summed E-state index contributed by atoms with van der Waals surface area (Å²) in [7, 11) is 0. The van der Waals surface area contributed by atoms with E-state index in [9.17, 15) is 18.8 Å². The van der Waals surface area contributed by atoms with Gasteiger partial charge in [-0.15, -0.1) is 0 Å². The average Bonchev–Trinajstić information content (AvgIpc) is 3.03. The van der Waals surface area contributed by atoms with Crippen LogP contribution in [0, 0.1) is 11.2 Å². The number of rotatable bonds is 9. The van der Waals surface area contributed by atoms with Gasteiger partial charge in [0.2, 0.25) is 5.91 Å². The summed E-state index contributed by atoms with van der Waals surface area (Å²) in [6, 6.07) is 11.1. The molecular weight excluding hydrogens is 537 g/mol. The van der Waals surface area contributed by atoms with E-state index in [4.69, 9.17) is 10.1 Å². The number of aldehydes is 1. The fourth-order valence-corrected chi connectivity index (χ4v) is 6.05. The van der Waals surface area contributed by atoms with Gasteiger partial charge in [-0.3, -0.25) is 19.3 Å². The number of nitrogens with one attached hydrogen (secondary N) is 2. The Balaban J connectivity index is 1.09. The highest BCUT2D eigenvalue weighted by Crippen LogP contribution is 2.20. The summed E-state index contributed by atoms with van der Waals surface area (Å²) in [6.07, 6.45) is 5.49. The average molecular weight is 578 g/mol. The second-order valence-corrected chi connectivity index (χ2v) is 11.4. The quantitative estimate of drug-likeness (QED) is 0.351. The normalized spacial score (nSPS) is 19.1. The number of likely N-dealkylation sites (tertiary alicyclic amines) is 1. The van der Waals surface area contributed by atoms with E-state index in [1.54, 1.807) is 40.1 Å². The standard InChI is InChI=1S/C32H40FN5O4/c33-29-6-5-23(20-30(34)27-4-2-1-3-24(27)22-39)19-28(29)32(41)38-17-15-37(16-18-38)31(40)21-36-13-9-26(10-14-36)42-25-7-11-35-12-8-25/h1-6,19,22,25-26,34-35H,7-18,20-21H2.